The number of rotatable bonds is 24. The van der Waals surface area contributed by atoms with Gasteiger partial charge in [0.2, 0.25) is 70.9 Å². The van der Waals surface area contributed by atoms with E-state index in [4.69, 9.17) is 28.4 Å². The van der Waals surface area contributed by atoms with Gasteiger partial charge in [0.05, 0.1) is 0 Å². The Morgan fingerprint density at radius 1 is 0.178 bits per heavy atom. The molecule has 12 fully saturated rings. The Labute approximate surface area is 635 Å². The molecule has 12 rings (SSSR count). The molecule has 107 heavy (non-hydrogen) atoms. The van der Waals surface area contributed by atoms with Gasteiger partial charge >= 0.3 is 0 Å². The lowest BCUT2D eigenvalue weighted by atomic mass is 10.1. The largest absolute Gasteiger partial charge is 0.338 e. The number of hydrogen-bond donors (Lipinski definition) is 0. The van der Waals surface area contributed by atoms with Crippen LogP contribution in [0.3, 0.4) is 0 Å². The fourth-order valence-corrected chi connectivity index (χ4v) is 14.9. The molecular weight excluding hydrogens is 1380 g/mol. The summed E-state index contributed by atoms with van der Waals surface area (Å²) in [5.74, 6) is 1.97. The highest BCUT2D eigenvalue weighted by Crippen LogP contribution is 2.24. The van der Waals surface area contributed by atoms with Gasteiger partial charge in [0.1, 0.15) is 77.8 Å². The molecule has 0 N–H and O–H groups in total. The van der Waals surface area contributed by atoms with Crippen LogP contribution in [0, 0.1) is 0 Å². The highest BCUT2D eigenvalue weighted by molar-refractivity contribution is 5.82. The summed E-state index contributed by atoms with van der Waals surface area (Å²) in [6.07, 6.45) is 29.3. The number of carbonyl (C=O) groups is 12. The Balaban J connectivity index is 0.000000179. The van der Waals surface area contributed by atoms with Gasteiger partial charge in [-0.15, -0.1) is 0 Å². The lowest BCUT2D eigenvalue weighted by molar-refractivity contribution is -0.158. The monoisotopic (exact) mass is 1510 g/mol. The molecule has 6 unspecified atom stereocenters. The Bertz CT molecular complexity index is 2860. The van der Waals surface area contributed by atoms with Gasteiger partial charge < -0.3 is 87.2 Å². The van der Waals surface area contributed by atoms with Crippen LogP contribution in [-0.2, 0) is 86.0 Å². The molecule has 0 saturated carbocycles. The molecule has 0 bridgehead atoms. The summed E-state index contributed by atoms with van der Waals surface area (Å²) in [7, 11) is 0. The lowest BCUT2D eigenvalue weighted by Gasteiger charge is -2.33. The molecule has 12 aliphatic heterocycles. The van der Waals surface area contributed by atoms with E-state index in [-0.39, 0.29) is 108 Å². The van der Waals surface area contributed by atoms with Gasteiger partial charge in [-0.2, -0.15) is 0 Å². The minimum atomic E-state index is -0.236. The van der Waals surface area contributed by atoms with Gasteiger partial charge in [-0.05, 0) is 164 Å². The van der Waals surface area contributed by atoms with E-state index in [0.29, 0.717) is 117 Å². The van der Waals surface area contributed by atoms with Gasteiger partial charge in [0.15, 0.2) is 0 Å². The van der Waals surface area contributed by atoms with Crippen LogP contribution in [0.4, 0.5) is 0 Å². The molecule has 0 spiro atoms. The topological polar surface area (TPSA) is 299 Å². The first-order valence-corrected chi connectivity index (χ1v) is 40.7. The van der Waals surface area contributed by atoms with Gasteiger partial charge in [-0.25, -0.2) is 0 Å². The van der Waals surface area contributed by atoms with Crippen LogP contribution in [0.15, 0.2) is 0 Å². The predicted molar refractivity (Wildman–Crippen MR) is 395 cm³/mol. The predicted octanol–water partition coefficient (Wildman–Crippen LogP) is 7.60. The third-order valence-corrected chi connectivity index (χ3v) is 21.9. The second-order valence-electron chi connectivity index (χ2n) is 30.0. The minimum absolute atomic E-state index is 0.153. The number of ether oxygens (including phenoxy) is 6. The molecule has 0 aromatic heterocycles. The van der Waals surface area contributed by atoms with Gasteiger partial charge in [-0.3, -0.25) is 57.5 Å². The smallest absolute Gasteiger partial charge is 0.224 e. The van der Waals surface area contributed by atoms with Crippen molar-refractivity contribution in [3.05, 3.63) is 0 Å². The molecule has 12 aliphatic rings. The zero-order valence-corrected chi connectivity index (χ0v) is 65.7. The van der Waals surface area contributed by atoms with Crippen molar-refractivity contribution in [2.75, 3.05) is 119 Å². The second-order valence-corrected chi connectivity index (χ2v) is 30.0. The second kappa shape index (κ2) is 47.5. The molecule has 0 aromatic carbocycles. The summed E-state index contributed by atoms with van der Waals surface area (Å²) in [4.78, 5) is 161. The Kier molecular flexibility index (Phi) is 38.9. The van der Waals surface area contributed by atoms with Crippen LogP contribution in [0.2, 0.25) is 0 Å². The summed E-state index contributed by atoms with van der Waals surface area (Å²) in [6, 6.07) is 0. The first kappa shape index (κ1) is 87.6. The average Bonchev–Trinajstić information content (AvgIpc) is 1.75. The van der Waals surface area contributed by atoms with Crippen LogP contribution >= 0.6 is 0 Å². The van der Waals surface area contributed by atoms with Crippen LogP contribution in [-0.4, -0.2) is 286 Å². The highest BCUT2D eigenvalue weighted by Gasteiger charge is 2.33. The zero-order chi connectivity index (χ0) is 77.0. The minimum Gasteiger partial charge on any atom is -0.338 e. The number of piperidine rings is 3. The van der Waals surface area contributed by atoms with Gasteiger partial charge in [-0.1, -0.05) is 25.7 Å². The van der Waals surface area contributed by atoms with Crippen molar-refractivity contribution in [2.45, 2.75) is 304 Å². The molecule has 30 heteroatoms. The first-order chi connectivity index (χ1) is 51.6. The number of amides is 12. The number of likely N-dealkylation sites (tertiary alicyclic amines) is 12. The maximum absolute atomic E-state index is 11.9. The van der Waals surface area contributed by atoms with Gasteiger partial charge in [0, 0.05) is 156 Å². The molecule has 606 valence electrons. The van der Waals surface area contributed by atoms with Crippen LogP contribution < -0.4 is 0 Å². The number of hydrogen-bond acceptors (Lipinski definition) is 18. The molecular formula is C77H130N12O18. The summed E-state index contributed by atoms with van der Waals surface area (Å²) >= 11 is 0. The molecule has 12 amide bonds. The van der Waals surface area contributed by atoms with Crippen LogP contribution in [0.1, 0.15) is 266 Å². The van der Waals surface area contributed by atoms with Crippen molar-refractivity contribution in [3.8, 4) is 0 Å². The van der Waals surface area contributed by atoms with Crippen LogP contribution in [0.5, 0.6) is 0 Å². The summed E-state index contributed by atoms with van der Waals surface area (Å²) < 4.78 is 34.0. The van der Waals surface area contributed by atoms with Crippen molar-refractivity contribution in [3.63, 3.8) is 0 Å². The normalized spacial score (nSPS) is 23.4. The molecule has 0 aliphatic carbocycles. The molecule has 0 radical (unpaired) electrons. The van der Waals surface area contributed by atoms with E-state index in [2.05, 4.69) is 0 Å². The summed E-state index contributed by atoms with van der Waals surface area (Å²) in [6.45, 7) is 22.5. The Morgan fingerprint density at radius 3 is 0.505 bits per heavy atom. The molecule has 12 saturated heterocycles. The molecule has 30 nitrogen and oxygen atoms in total. The molecule has 0 aromatic rings. The van der Waals surface area contributed by atoms with Gasteiger partial charge in [0.25, 0.3) is 0 Å². The van der Waals surface area contributed by atoms with E-state index in [9.17, 15) is 57.5 Å². The summed E-state index contributed by atoms with van der Waals surface area (Å²) in [5.41, 5.74) is 0. The van der Waals surface area contributed by atoms with Crippen molar-refractivity contribution in [1.82, 2.24) is 58.8 Å². The maximum atomic E-state index is 11.9. The van der Waals surface area contributed by atoms with E-state index in [0.717, 1.165) is 226 Å². The third-order valence-electron chi connectivity index (χ3n) is 21.9. The SMILES string of the molecule is CC(OCN1CCCC1=O)N1CCCC1=O.CC(OCN1CCCC1=O)N1CCCCCC1=O.CC(OCN1CCCCC1=O)N1CCCC1=O.CC(OCN1CCCCC1=O)N1CCCCCC1=O.CC(OCN1CCCCCC1=O)N1CCCC1=O.CC(OCN1CCCCCC1=O)N1CCCCC1=O. The standard InChI is InChI=1S/2C14H24N2O3.2C13H22N2O3.C12H20N2O3.C11H18N2O3/c1-12(16-10-5-2-3-8-14(16)18)19-11-15-9-6-4-7-13(15)17;1-12(16-10-6-4-8-14(16)18)19-11-15-9-5-2-3-7-13(15)17;1-11(15-9-4-2-3-6-13(15)17)18-10-14-8-5-7-12(14)16;1-11(15-9-5-7-13(15)17)18-10-14-8-4-2-3-6-12(14)16;1-10(14-8-4-6-12(14)16)17-9-13-7-3-2-5-11(13)15;1-9(13-7-3-5-11(13)15)16-8-12-6-2-4-10(12)14/h2*12H,2-11H2,1H3;2*11H,2-10H2,1H3;10H,2-9H2,1H3;9H,2-8H2,1H3. The van der Waals surface area contributed by atoms with Crippen LogP contribution in [0.25, 0.3) is 0 Å². The van der Waals surface area contributed by atoms with Crippen molar-refractivity contribution < 1.29 is 86.0 Å². The zero-order valence-electron chi connectivity index (χ0n) is 65.7. The fraction of sp³-hybridized carbons (Fsp3) is 0.844. The average molecular weight is 1510 g/mol. The third kappa shape index (κ3) is 29.6. The quantitative estimate of drug-likeness (QED) is 0.0898. The van der Waals surface area contributed by atoms with E-state index < -0.39 is 0 Å². The van der Waals surface area contributed by atoms with E-state index in [1.54, 1.807) is 58.8 Å². The fourth-order valence-electron chi connectivity index (χ4n) is 14.9. The van der Waals surface area contributed by atoms with E-state index in [1.165, 1.54) is 0 Å². The number of carbonyl (C=O) groups excluding carboxylic acids is 12. The number of nitrogens with zero attached hydrogens (tertiary/aromatic N) is 12. The maximum Gasteiger partial charge on any atom is 0.224 e. The van der Waals surface area contributed by atoms with Crippen molar-refractivity contribution in [2.24, 2.45) is 0 Å². The first-order valence-electron chi connectivity index (χ1n) is 40.7. The Hall–Kier alpha value is -6.60. The lowest BCUT2D eigenvalue weighted by Crippen LogP contribution is -2.45. The van der Waals surface area contributed by atoms with E-state index in [1.807, 2.05) is 41.5 Å². The Morgan fingerprint density at radius 2 is 0.308 bits per heavy atom. The van der Waals surface area contributed by atoms with Crippen molar-refractivity contribution >= 4 is 70.9 Å². The summed E-state index contributed by atoms with van der Waals surface area (Å²) in [5, 5.41) is 0. The molecule has 12 heterocycles. The highest BCUT2D eigenvalue weighted by atomic mass is 16.5. The van der Waals surface area contributed by atoms with E-state index >= 15 is 0 Å². The molecule has 6 atom stereocenters. The van der Waals surface area contributed by atoms with Crippen molar-refractivity contribution in [1.29, 1.82) is 0 Å².